The third kappa shape index (κ3) is 7.63. The van der Waals surface area contributed by atoms with Crippen molar-refractivity contribution in [3.05, 3.63) is 28.2 Å². The molecule has 0 aliphatic carbocycles. The molecule has 1 unspecified atom stereocenters. The summed E-state index contributed by atoms with van der Waals surface area (Å²) in [6.45, 7) is 3.08. The predicted molar refractivity (Wildman–Crippen MR) is 130 cm³/mol. The van der Waals surface area contributed by atoms with Crippen LogP contribution in [0.15, 0.2) is 23.2 Å². The standard InChI is InChI=1S/C19H27Cl2N3O3S.HI/c1-22-19(23-11-15-4-7-28(25,26)13-15)24-5-2-14(3-6-24)12-27-18-9-16(20)8-17(21)10-18;/h8-10,14-15H,2-7,11-13H2,1H3,(H,22,23);1H. The molecule has 29 heavy (non-hydrogen) atoms. The average molecular weight is 576 g/mol. The van der Waals surface area contributed by atoms with Crippen molar-refractivity contribution in [2.45, 2.75) is 19.3 Å². The van der Waals surface area contributed by atoms with Gasteiger partial charge in [0.15, 0.2) is 15.8 Å². The number of ether oxygens (including phenoxy) is 1. The number of likely N-dealkylation sites (tertiary alicyclic amines) is 1. The fraction of sp³-hybridized carbons (Fsp3) is 0.632. The Balaban J connectivity index is 0.00000300. The molecule has 2 aliphatic rings. The second-order valence-corrected chi connectivity index (χ2v) is 10.6. The van der Waals surface area contributed by atoms with Crippen LogP contribution in [0.3, 0.4) is 0 Å². The van der Waals surface area contributed by atoms with Crippen LogP contribution in [0.4, 0.5) is 0 Å². The smallest absolute Gasteiger partial charge is 0.193 e. The number of aliphatic imine (C=N–C) groups is 1. The minimum absolute atomic E-state index is 0. The van der Waals surface area contributed by atoms with E-state index in [4.69, 9.17) is 27.9 Å². The summed E-state index contributed by atoms with van der Waals surface area (Å²) in [7, 11) is -1.07. The van der Waals surface area contributed by atoms with Crippen LogP contribution in [-0.4, -0.2) is 64.1 Å². The number of hydrogen-bond acceptors (Lipinski definition) is 4. The number of rotatable bonds is 5. The van der Waals surface area contributed by atoms with Gasteiger partial charge in [0.25, 0.3) is 0 Å². The minimum Gasteiger partial charge on any atom is -0.493 e. The van der Waals surface area contributed by atoms with E-state index in [1.807, 2.05) is 0 Å². The number of piperidine rings is 1. The molecule has 0 saturated carbocycles. The van der Waals surface area contributed by atoms with Crippen LogP contribution in [0.5, 0.6) is 5.75 Å². The maximum atomic E-state index is 11.6. The molecule has 0 bridgehead atoms. The highest BCUT2D eigenvalue weighted by Crippen LogP contribution is 2.26. The van der Waals surface area contributed by atoms with Gasteiger partial charge in [-0.1, -0.05) is 23.2 Å². The summed E-state index contributed by atoms with van der Waals surface area (Å²) in [6.07, 6.45) is 2.75. The third-order valence-corrected chi connectivity index (χ3v) is 7.60. The molecule has 0 amide bonds. The molecule has 2 heterocycles. The van der Waals surface area contributed by atoms with Crippen molar-refractivity contribution in [1.29, 1.82) is 0 Å². The lowest BCUT2D eigenvalue weighted by atomic mass is 9.98. The van der Waals surface area contributed by atoms with Crippen LogP contribution in [0.2, 0.25) is 10.0 Å². The lowest BCUT2D eigenvalue weighted by Gasteiger charge is -2.34. The first kappa shape index (κ1) is 24.8. The maximum Gasteiger partial charge on any atom is 0.193 e. The number of benzene rings is 1. The van der Waals surface area contributed by atoms with Gasteiger partial charge < -0.3 is 15.0 Å². The number of hydrogen-bond donors (Lipinski definition) is 1. The monoisotopic (exact) mass is 575 g/mol. The van der Waals surface area contributed by atoms with Gasteiger partial charge in [-0.2, -0.15) is 0 Å². The summed E-state index contributed by atoms with van der Waals surface area (Å²) in [5.41, 5.74) is 0. The largest absolute Gasteiger partial charge is 0.493 e. The second kappa shape index (κ2) is 11.2. The van der Waals surface area contributed by atoms with Crippen molar-refractivity contribution >= 4 is 63.0 Å². The van der Waals surface area contributed by atoms with E-state index in [1.54, 1.807) is 25.2 Å². The Morgan fingerprint density at radius 2 is 1.83 bits per heavy atom. The van der Waals surface area contributed by atoms with Gasteiger partial charge in [0.05, 0.1) is 18.1 Å². The highest BCUT2D eigenvalue weighted by atomic mass is 127. The minimum atomic E-state index is -2.84. The van der Waals surface area contributed by atoms with Gasteiger partial charge >= 0.3 is 0 Å². The third-order valence-electron chi connectivity index (χ3n) is 5.32. The molecular formula is C19H28Cl2IN3O3S. The molecule has 6 nitrogen and oxygen atoms in total. The van der Waals surface area contributed by atoms with E-state index in [0.29, 0.717) is 40.6 Å². The van der Waals surface area contributed by atoms with Crippen molar-refractivity contribution in [2.24, 2.45) is 16.8 Å². The first-order valence-corrected chi connectivity index (χ1v) is 12.2. The number of nitrogens with zero attached hydrogens (tertiary/aromatic N) is 2. The van der Waals surface area contributed by atoms with Crippen LogP contribution >= 0.6 is 47.2 Å². The van der Waals surface area contributed by atoms with Crippen LogP contribution in [0.1, 0.15) is 19.3 Å². The molecule has 1 aromatic carbocycles. The van der Waals surface area contributed by atoms with Gasteiger partial charge in [-0.15, -0.1) is 24.0 Å². The van der Waals surface area contributed by atoms with Crippen molar-refractivity contribution in [3.8, 4) is 5.75 Å². The van der Waals surface area contributed by atoms with E-state index < -0.39 is 9.84 Å². The first-order chi connectivity index (χ1) is 13.3. The Labute approximate surface area is 200 Å². The van der Waals surface area contributed by atoms with Crippen molar-refractivity contribution in [2.75, 3.05) is 44.8 Å². The fourth-order valence-corrected chi connectivity index (χ4v) is 6.11. The zero-order chi connectivity index (χ0) is 20.1. The van der Waals surface area contributed by atoms with Crippen LogP contribution in [0.25, 0.3) is 0 Å². The van der Waals surface area contributed by atoms with E-state index in [9.17, 15) is 8.42 Å². The van der Waals surface area contributed by atoms with Gasteiger partial charge in [0.2, 0.25) is 0 Å². The van der Waals surface area contributed by atoms with Gasteiger partial charge in [0, 0.05) is 36.7 Å². The summed E-state index contributed by atoms with van der Waals surface area (Å²) in [6, 6.07) is 5.24. The molecule has 1 N–H and O–H groups in total. The molecule has 0 spiro atoms. The Hall–Kier alpha value is -0.450. The van der Waals surface area contributed by atoms with Crippen LogP contribution < -0.4 is 10.1 Å². The van der Waals surface area contributed by atoms with Gasteiger partial charge in [-0.05, 0) is 49.3 Å². The van der Waals surface area contributed by atoms with Crippen molar-refractivity contribution in [3.63, 3.8) is 0 Å². The molecule has 1 aromatic rings. The highest BCUT2D eigenvalue weighted by molar-refractivity contribution is 14.0. The Morgan fingerprint density at radius 1 is 1.17 bits per heavy atom. The summed E-state index contributed by atoms with van der Waals surface area (Å²) in [5.74, 6) is 2.78. The molecular weight excluding hydrogens is 548 g/mol. The van der Waals surface area contributed by atoms with Crippen LogP contribution in [-0.2, 0) is 9.84 Å². The first-order valence-electron chi connectivity index (χ1n) is 9.59. The van der Waals surface area contributed by atoms with E-state index in [-0.39, 0.29) is 35.6 Å². The fourth-order valence-electron chi connectivity index (χ4n) is 3.74. The molecule has 0 aromatic heterocycles. The molecule has 0 radical (unpaired) electrons. The van der Waals surface area contributed by atoms with Gasteiger partial charge in [0.1, 0.15) is 5.75 Å². The topological polar surface area (TPSA) is 71.0 Å². The van der Waals surface area contributed by atoms with Gasteiger partial charge in [-0.25, -0.2) is 8.42 Å². The maximum absolute atomic E-state index is 11.6. The molecule has 1 atom stereocenters. The summed E-state index contributed by atoms with van der Waals surface area (Å²) in [4.78, 5) is 6.60. The summed E-state index contributed by atoms with van der Waals surface area (Å²) in [5, 5.41) is 4.50. The van der Waals surface area contributed by atoms with Gasteiger partial charge in [-0.3, -0.25) is 4.99 Å². The zero-order valence-electron chi connectivity index (χ0n) is 16.4. The normalized spacial score (nSPS) is 22.2. The lowest BCUT2D eigenvalue weighted by Crippen LogP contribution is -2.47. The SMILES string of the molecule is CN=C(NCC1CCS(=O)(=O)C1)N1CCC(COc2cc(Cl)cc(Cl)c2)CC1.I. The number of sulfone groups is 1. The molecule has 10 heteroatoms. The Morgan fingerprint density at radius 3 is 2.38 bits per heavy atom. The average Bonchev–Trinajstić information content (AvgIpc) is 2.99. The van der Waals surface area contributed by atoms with E-state index >= 15 is 0 Å². The number of halogens is 3. The predicted octanol–water partition coefficient (Wildman–Crippen LogP) is 3.71. The molecule has 2 aliphatic heterocycles. The summed E-state index contributed by atoms with van der Waals surface area (Å²) < 4.78 is 29.1. The Kier molecular flexibility index (Phi) is 9.63. The molecule has 3 rings (SSSR count). The number of nitrogens with one attached hydrogen (secondary N) is 1. The molecule has 2 saturated heterocycles. The van der Waals surface area contributed by atoms with E-state index in [1.165, 1.54) is 0 Å². The van der Waals surface area contributed by atoms with E-state index in [2.05, 4.69) is 15.2 Å². The quantitative estimate of drug-likeness (QED) is 0.329. The molecule has 2 fully saturated rings. The lowest BCUT2D eigenvalue weighted by molar-refractivity contribution is 0.179. The molecule has 164 valence electrons. The highest BCUT2D eigenvalue weighted by Gasteiger charge is 2.28. The number of guanidine groups is 1. The Bertz CT molecular complexity index is 795. The van der Waals surface area contributed by atoms with Crippen molar-refractivity contribution in [1.82, 2.24) is 10.2 Å². The second-order valence-electron chi connectivity index (χ2n) is 7.54. The zero-order valence-corrected chi connectivity index (χ0v) is 21.1. The van der Waals surface area contributed by atoms with E-state index in [0.717, 1.165) is 38.3 Å². The summed E-state index contributed by atoms with van der Waals surface area (Å²) >= 11 is 12.0. The van der Waals surface area contributed by atoms with Crippen LogP contribution in [0, 0.1) is 11.8 Å². The van der Waals surface area contributed by atoms with Crippen molar-refractivity contribution < 1.29 is 13.2 Å².